The lowest BCUT2D eigenvalue weighted by atomic mass is 10.1. The fourth-order valence-corrected chi connectivity index (χ4v) is 1.21. The van der Waals surface area contributed by atoms with Crippen molar-refractivity contribution < 1.29 is 14.3 Å². The fourth-order valence-electron chi connectivity index (χ4n) is 1.21. The summed E-state index contributed by atoms with van der Waals surface area (Å²) in [5.74, 6) is 0.0774. The molecular formula is C11H14O3. The van der Waals surface area contributed by atoms with Gasteiger partial charge in [-0.1, -0.05) is 5.57 Å². The van der Waals surface area contributed by atoms with E-state index in [0.29, 0.717) is 6.42 Å². The Morgan fingerprint density at radius 3 is 2.93 bits per heavy atom. The van der Waals surface area contributed by atoms with E-state index in [1.807, 2.05) is 25.1 Å². The molecule has 0 aliphatic heterocycles. The molecule has 1 rings (SSSR count). The summed E-state index contributed by atoms with van der Waals surface area (Å²) in [6, 6.07) is 3.71. The molecule has 1 aromatic heterocycles. The summed E-state index contributed by atoms with van der Waals surface area (Å²) >= 11 is 0. The normalized spacial score (nSPS) is 11.6. The van der Waals surface area contributed by atoms with Gasteiger partial charge in [0.25, 0.3) is 0 Å². The van der Waals surface area contributed by atoms with Crippen molar-refractivity contribution >= 4 is 12.0 Å². The minimum absolute atomic E-state index is 0.226. The lowest BCUT2D eigenvalue weighted by Crippen LogP contribution is -1.93. The van der Waals surface area contributed by atoms with Gasteiger partial charge >= 0.3 is 5.97 Å². The van der Waals surface area contributed by atoms with Crippen LogP contribution in [0, 0.1) is 0 Å². The number of carbonyl (C=O) groups is 1. The van der Waals surface area contributed by atoms with E-state index >= 15 is 0 Å². The highest BCUT2D eigenvalue weighted by Crippen LogP contribution is 2.12. The highest BCUT2D eigenvalue weighted by molar-refractivity contribution is 5.66. The average Bonchev–Trinajstić information content (AvgIpc) is 2.56. The van der Waals surface area contributed by atoms with E-state index in [2.05, 4.69) is 0 Å². The second-order valence-electron chi connectivity index (χ2n) is 3.25. The van der Waals surface area contributed by atoms with Crippen molar-refractivity contribution in [1.82, 2.24) is 0 Å². The van der Waals surface area contributed by atoms with Crippen molar-refractivity contribution in [2.45, 2.75) is 26.2 Å². The van der Waals surface area contributed by atoms with Crippen LogP contribution in [0.4, 0.5) is 0 Å². The zero-order valence-electron chi connectivity index (χ0n) is 8.19. The zero-order chi connectivity index (χ0) is 10.4. The molecule has 0 saturated heterocycles. The Hall–Kier alpha value is -1.51. The molecule has 3 heteroatoms. The van der Waals surface area contributed by atoms with Gasteiger partial charge in [-0.15, -0.1) is 0 Å². The second-order valence-corrected chi connectivity index (χ2v) is 3.25. The predicted molar refractivity (Wildman–Crippen MR) is 53.8 cm³/mol. The van der Waals surface area contributed by atoms with E-state index in [4.69, 9.17) is 9.52 Å². The summed E-state index contributed by atoms with van der Waals surface area (Å²) in [5.41, 5.74) is 1.14. The number of hydrogen-bond donors (Lipinski definition) is 1. The lowest BCUT2D eigenvalue weighted by molar-refractivity contribution is -0.137. The minimum Gasteiger partial charge on any atom is -0.481 e. The minimum atomic E-state index is -0.740. The average molecular weight is 194 g/mol. The monoisotopic (exact) mass is 194 g/mol. The van der Waals surface area contributed by atoms with Crippen LogP contribution in [0.1, 0.15) is 31.9 Å². The molecule has 0 radical (unpaired) electrons. The standard InChI is InChI=1S/C11H14O3/c1-9(4-2-6-11(12)13)8-10-5-3-7-14-10/h3,5,7-8H,2,4,6H2,1H3,(H,12,13)/b9-8-. The molecule has 0 bridgehead atoms. The van der Waals surface area contributed by atoms with Gasteiger partial charge in [0.1, 0.15) is 5.76 Å². The highest BCUT2D eigenvalue weighted by Gasteiger charge is 1.98. The smallest absolute Gasteiger partial charge is 0.303 e. The van der Waals surface area contributed by atoms with E-state index in [1.54, 1.807) is 6.26 Å². The Kier molecular flexibility index (Phi) is 3.98. The number of furan rings is 1. The SMILES string of the molecule is C/C(=C/c1ccco1)CCCC(=O)O. The van der Waals surface area contributed by atoms with Crippen LogP contribution >= 0.6 is 0 Å². The van der Waals surface area contributed by atoms with Crippen molar-refractivity contribution in [3.8, 4) is 0 Å². The van der Waals surface area contributed by atoms with Gasteiger partial charge in [0, 0.05) is 6.42 Å². The van der Waals surface area contributed by atoms with E-state index in [0.717, 1.165) is 17.8 Å². The maximum absolute atomic E-state index is 10.3. The third-order valence-corrected chi connectivity index (χ3v) is 1.89. The zero-order valence-corrected chi connectivity index (χ0v) is 8.19. The molecule has 0 aromatic carbocycles. The van der Waals surface area contributed by atoms with E-state index < -0.39 is 5.97 Å². The van der Waals surface area contributed by atoms with Gasteiger partial charge < -0.3 is 9.52 Å². The first-order chi connectivity index (χ1) is 6.68. The third-order valence-electron chi connectivity index (χ3n) is 1.89. The molecule has 0 amide bonds. The van der Waals surface area contributed by atoms with E-state index in [-0.39, 0.29) is 6.42 Å². The summed E-state index contributed by atoms with van der Waals surface area (Å²) in [7, 11) is 0. The van der Waals surface area contributed by atoms with Gasteiger partial charge in [-0.3, -0.25) is 4.79 Å². The largest absolute Gasteiger partial charge is 0.481 e. The number of aliphatic carboxylic acids is 1. The van der Waals surface area contributed by atoms with Crippen molar-refractivity contribution in [1.29, 1.82) is 0 Å². The molecule has 0 spiro atoms. The van der Waals surface area contributed by atoms with Crippen LogP contribution < -0.4 is 0 Å². The fraction of sp³-hybridized carbons (Fsp3) is 0.364. The van der Waals surface area contributed by atoms with Crippen molar-refractivity contribution in [2.75, 3.05) is 0 Å². The topological polar surface area (TPSA) is 50.4 Å². The number of hydrogen-bond acceptors (Lipinski definition) is 2. The van der Waals surface area contributed by atoms with Crippen molar-refractivity contribution in [3.05, 3.63) is 29.7 Å². The number of carboxylic acid groups (broad SMARTS) is 1. The number of rotatable bonds is 5. The maximum Gasteiger partial charge on any atom is 0.303 e. The second kappa shape index (κ2) is 5.27. The first-order valence-corrected chi connectivity index (χ1v) is 4.61. The maximum atomic E-state index is 10.3. The van der Waals surface area contributed by atoms with Gasteiger partial charge in [0.15, 0.2) is 0 Å². The van der Waals surface area contributed by atoms with Crippen LogP contribution in [0.3, 0.4) is 0 Å². The molecule has 0 unspecified atom stereocenters. The molecule has 0 aliphatic rings. The highest BCUT2D eigenvalue weighted by atomic mass is 16.4. The Morgan fingerprint density at radius 1 is 1.57 bits per heavy atom. The molecule has 1 heterocycles. The first kappa shape index (κ1) is 10.6. The molecular weight excluding hydrogens is 180 g/mol. The molecule has 76 valence electrons. The molecule has 0 aliphatic carbocycles. The summed E-state index contributed by atoms with van der Waals surface area (Å²) in [4.78, 5) is 10.3. The van der Waals surface area contributed by atoms with Gasteiger partial charge in [0.2, 0.25) is 0 Å². The summed E-state index contributed by atoms with van der Waals surface area (Å²) < 4.78 is 5.14. The Labute approximate surface area is 83.0 Å². The molecule has 1 aromatic rings. The molecule has 0 atom stereocenters. The number of allylic oxidation sites excluding steroid dienone is 1. The summed E-state index contributed by atoms with van der Waals surface area (Å²) in [6.45, 7) is 1.98. The Morgan fingerprint density at radius 2 is 2.36 bits per heavy atom. The van der Waals surface area contributed by atoms with Crippen LogP contribution in [0.2, 0.25) is 0 Å². The van der Waals surface area contributed by atoms with Crippen LogP contribution in [0.25, 0.3) is 6.08 Å². The molecule has 0 saturated carbocycles. The summed E-state index contributed by atoms with van der Waals surface area (Å²) in [6.07, 6.45) is 5.26. The molecule has 0 fully saturated rings. The molecule has 3 nitrogen and oxygen atoms in total. The first-order valence-electron chi connectivity index (χ1n) is 4.61. The van der Waals surface area contributed by atoms with Crippen LogP contribution in [-0.4, -0.2) is 11.1 Å². The van der Waals surface area contributed by atoms with Crippen LogP contribution in [0.15, 0.2) is 28.4 Å². The Bertz CT molecular complexity index is 309. The van der Waals surface area contributed by atoms with Crippen molar-refractivity contribution in [3.63, 3.8) is 0 Å². The third kappa shape index (κ3) is 3.94. The predicted octanol–water partition coefficient (Wildman–Crippen LogP) is 2.94. The Balaban J connectivity index is 2.35. The lowest BCUT2D eigenvalue weighted by Gasteiger charge is -1.97. The van der Waals surface area contributed by atoms with Gasteiger partial charge in [-0.05, 0) is 38.0 Å². The van der Waals surface area contributed by atoms with Gasteiger partial charge in [0.05, 0.1) is 6.26 Å². The van der Waals surface area contributed by atoms with Crippen LogP contribution in [-0.2, 0) is 4.79 Å². The van der Waals surface area contributed by atoms with Crippen LogP contribution in [0.5, 0.6) is 0 Å². The van der Waals surface area contributed by atoms with Crippen molar-refractivity contribution in [2.24, 2.45) is 0 Å². The van der Waals surface area contributed by atoms with E-state index in [9.17, 15) is 4.79 Å². The quantitative estimate of drug-likeness (QED) is 0.784. The van der Waals surface area contributed by atoms with Gasteiger partial charge in [-0.25, -0.2) is 0 Å². The van der Waals surface area contributed by atoms with E-state index in [1.165, 1.54) is 0 Å². The summed E-state index contributed by atoms with van der Waals surface area (Å²) in [5, 5.41) is 8.45. The molecule has 1 N–H and O–H groups in total. The van der Waals surface area contributed by atoms with Gasteiger partial charge in [-0.2, -0.15) is 0 Å². The number of carboxylic acids is 1. The molecule has 14 heavy (non-hydrogen) atoms.